The summed E-state index contributed by atoms with van der Waals surface area (Å²) in [5, 5.41) is 14.0. The predicted molar refractivity (Wildman–Crippen MR) is 132 cm³/mol. The minimum atomic E-state index is 0.319. The van der Waals surface area contributed by atoms with E-state index in [1.54, 1.807) is 23.7 Å². The zero-order chi connectivity index (χ0) is 22.4. The molecule has 33 heavy (non-hydrogen) atoms. The number of imidazole rings is 1. The summed E-state index contributed by atoms with van der Waals surface area (Å²) in [6.45, 7) is 4.20. The van der Waals surface area contributed by atoms with Crippen LogP contribution < -0.4 is 5.32 Å². The fraction of sp³-hybridized carbons (Fsp3) is 0.125. The highest BCUT2D eigenvalue weighted by atomic mass is 32.1. The van der Waals surface area contributed by atoms with Gasteiger partial charge in [0.25, 0.3) is 0 Å². The van der Waals surface area contributed by atoms with Gasteiger partial charge < -0.3 is 10.3 Å². The summed E-state index contributed by atoms with van der Waals surface area (Å²) in [4.78, 5) is 22.8. The molecule has 6 aromatic heterocycles. The average molecular weight is 453 g/mol. The minimum Gasteiger partial charge on any atom is -0.382 e. The third-order valence-corrected chi connectivity index (χ3v) is 6.24. The topological polar surface area (TPSA) is 108 Å². The number of aromatic nitrogens is 7. The number of nitrogens with one attached hydrogen (secondary N) is 3. The van der Waals surface area contributed by atoms with Gasteiger partial charge in [0.1, 0.15) is 11.2 Å². The Hall–Kier alpha value is -4.11. The molecule has 0 amide bonds. The van der Waals surface area contributed by atoms with Gasteiger partial charge in [-0.25, -0.2) is 4.98 Å². The molecule has 0 aliphatic carbocycles. The molecule has 6 heterocycles. The Morgan fingerprint density at radius 2 is 1.91 bits per heavy atom. The number of nitrogens with zero attached hydrogens (tertiary/aromatic N) is 5. The third kappa shape index (κ3) is 3.52. The number of thiophene rings is 1. The maximum absolute atomic E-state index is 4.90. The number of hydrogen-bond donors (Lipinski definition) is 3. The van der Waals surface area contributed by atoms with Gasteiger partial charge in [0.2, 0.25) is 0 Å². The van der Waals surface area contributed by atoms with Crippen molar-refractivity contribution in [2.45, 2.75) is 19.9 Å². The lowest BCUT2D eigenvalue weighted by molar-refractivity contribution is 0.898. The SMILES string of the molecule is CC(C)Nc1cncc(-c2cc3c(-c4nc5c(-c6cccs6)cncc5[nH]4)n[nH]c3cn2)c1. The van der Waals surface area contributed by atoms with Crippen molar-refractivity contribution in [3.63, 3.8) is 0 Å². The third-order valence-electron chi connectivity index (χ3n) is 5.34. The molecule has 0 unspecified atom stereocenters. The first-order chi connectivity index (χ1) is 16.2. The van der Waals surface area contributed by atoms with Crippen molar-refractivity contribution in [2.75, 3.05) is 5.32 Å². The van der Waals surface area contributed by atoms with Crippen LogP contribution in [0, 0.1) is 0 Å². The molecule has 3 N–H and O–H groups in total. The van der Waals surface area contributed by atoms with Crippen molar-refractivity contribution in [3.8, 4) is 33.2 Å². The van der Waals surface area contributed by atoms with Crippen LogP contribution in [-0.2, 0) is 0 Å². The van der Waals surface area contributed by atoms with Gasteiger partial charge in [0, 0.05) is 46.0 Å². The van der Waals surface area contributed by atoms with Crippen LogP contribution in [0.5, 0.6) is 0 Å². The average Bonchev–Trinajstić information content (AvgIpc) is 3.57. The summed E-state index contributed by atoms with van der Waals surface area (Å²) in [7, 11) is 0. The Morgan fingerprint density at radius 3 is 2.76 bits per heavy atom. The standard InChI is InChI=1S/C24H20N8S/c1-13(2)28-15-6-14(8-25-9-15)18-7-16-19(12-27-18)31-32-23(16)24-29-20-11-26-10-17(22(20)30-24)21-4-3-5-33-21/h3-13,28H,1-2H3,(H,29,30)(H,31,32). The number of pyridine rings is 3. The lowest BCUT2D eigenvalue weighted by Crippen LogP contribution is -2.09. The molecular weight excluding hydrogens is 432 g/mol. The highest BCUT2D eigenvalue weighted by Gasteiger charge is 2.17. The quantitative estimate of drug-likeness (QED) is 0.318. The maximum atomic E-state index is 4.90. The van der Waals surface area contributed by atoms with E-state index in [2.05, 4.69) is 66.8 Å². The van der Waals surface area contributed by atoms with Crippen LogP contribution >= 0.6 is 11.3 Å². The maximum Gasteiger partial charge on any atom is 0.159 e. The van der Waals surface area contributed by atoms with E-state index in [9.17, 15) is 0 Å². The van der Waals surface area contributed by atoms with Crippen molar-refractivity contribution in [1.29, 1.82) is 0 Å². The summed E-state index contributed by atoms with van der Waals surface area (Å²) in [6, 6.07) is 8.51. The van der Waals surface area contributed by atoms with Gasteiger partial charge in [-0.15, -0.1) is 11.3 Å². The van der Waals surface area contributed by atoms with Gasteiger partial charge in [-0.1, -0.05) is 6.07 Å². The smallest absolute Gasteiger partial charge is 0.159 e. The van der Waals surface area contributed by atoms with Gasteiger partial charge in [0.05, 0.1) is 34.8 Å². The van der Waals surface area contributed by atoms with Crippen LogP contribution in [0.2, 0.25) is 0 Å². The molecule has 0 aliphatic heterocycles. The molecule has 0 spiro atoms. The number of rotatable bonds is 5. The van der Waals surface area contributed by atoms with E-state index < -0.39 is 0 Å². The highest BCUT2D eigenvalue weighted by Crippen LogP contribution is 2.33. The first-order valence-electron chi connectivity index (χ1n) is 10.6. The summed E-state index contributed by atoms with van der Waals surface area (Å²) in [5.41, 5.74) is 7.06. The second-order valence-corrected chi connectivity index (χ2v) is 9.04. The zero-order valence-corrected chi connectivity index (χ0v) is 18.8. The molecule has 0 saturated carbocycles. The predicted octanol–water partition coefficient (Wildman–Crippen LogP) is 5.51. The van der Waals surface area contributed by atoms with Crippen LogP contribution in [0.25, 0.3) is 55.2 Å². The van der Waals surface area contributed by atoms with E-state index in [1.807, 2.05) is 30.7 Å². The molecule has 162 valence electrons. The van der Waals surface area contributed by atoms with Crippen LogP contribution in [-0.4, -0.2) is 41.2 Å². The zero-order valence-electron chi connectivity index (χ0n) is 18.0. The molecule has 9 heteroatoms. The van der Waals surface area contributed by atoms with E-state index in [1.165, 1.54) is 0 Å². The summed E-state index contributed by atoms with van der Waals surface area (Å²) >= 11 is 1.67. The second-order valence-electron chi connectivity index (χ2n) is 8.09. The Balaban J connectivity index is 1.45. The fourth-order valence-electron chi connectivity index (χ4n) is 3.90. The molecule has 0 fully saturated rings. The van der Waals surface area contributed by atoms with Gasteiger partial charge >= 0.3 is 0 Å². The largest absolute Gasteiger partial charge is 0.382 e. The molecule has 6 rings (SSSR count). The minimum absolute atomic E-state index is 0.319. The molecule has 0 atom stereocenters. The van der Waals surface area contributed by atoms with Gasteiger partial charge in [-0.05, 0) is 37.4 Å². The number of anilines is 1. The summed E-state index contributed by atoms with van der Waals surface area (Å²) < 4.78 is 0. The lowest BCUT2D eigenvalue weighted by Gasteiger charge is -2.10. The molecule has 0 bridgehead atoms. The van der Waals surface area contributed by atoms with Gasteiger partial charge in [0.15, 0.2) is 5.82 Å². The summed E-state index contributed by atoms with van der Waals surface area (Å²) in [5.74, 6) is 0.688. The Kier molecular flexibility index (Phi) is 4.62. The monoisotopic (exact) mass is 452 g/mol. The van der Waals surface area contributed by atoms with Crippen molar-refractivity contribution in [3.05, 3.63) is 60.6 Å². The Bertz CT molecular complexity index is 1580. The lowest BCUT2D eigenvalue weighted by atomic mass is 10.1. The molecule has 0 radical (unpaired) electrons. The molecule has 8 nitrogen and oxygen atoms in total. The molecule has 0 saturated heterocycles. The number of H-pyrrole nitrogens is 2. The number of aromatic amines is 2. The van der Waals surface area contributed by atoms with Crippen LogP contribution in [0.3, 0.4) is 0 Å². The first-order valence-corrected chi connectivity index (χ1v) is 11.5. The first kappa shape index (κ1) is 19.6. The van der Waals surface area contributed by atoms with Crippen molar-refractivity contribution in [2.24, 2.45) is 0 Å². The van der Waals surface area contributed by atoms with Crippen LogP contribution in [0.15, 0.2) is 60.6 Å². The van der Waals surface area contributed by atoms with E-state index in [4.69, 9.17) is 4.98 Å². The van der Waals surface area contributed by atoms with Crippen molar-refractivity contribution in [1.82, 2.24) is 35.1 Å². The van der Waals surface area contributed by atoms with Crippen LogP contribution in [0.1, 0.15) is 13.8 Å². The normalized spacial score (nSPS) is 11.6. The molecular formula is C24H20N8S. The van der Waals surface area contributed by atoms with Gasteiger partial charge in [-0.2, -0.15) is 5.10 Å². The van der Waals surface area contributed by atoms with Crippen LogP contribution in [0.4, 0.5) is 5.69 Å². The van der Waals surface area contributed by atoms with Crippen molar-refractivity contribution >= 4 is 39.0 Å². The number of hydrogen-bond acceptors (Lipinski definition) is 7. The second kappa shape index (κ2) is 7.79. The van der Waals surface area contributed by atoms with Crippen molar-refractivity contribution < 1.29 is 0 Å². The Labute approximate surface area is 193 Å². The van der Waals surface area contributed by atoms with E-state index in [0.717, 1.165) is 55.0 Å². The van der Waals surface area contributed by atoms with E-state index >= 15 is 0 Å². The molecule has 6 aromatic rings. The fourth-order valence-corrected chi connectivity index (χ4v) is 4.64. The molecule has 0 aliphatic rings. The Morgan fingerprint density at radius 1 is 1.00 bits per heavy atom. The number of fused-ring (bicyclic) bond motifs is 2. The highest BCUT2D eigenvalue weighted by molar-refractivity contribution is 7.13. The molecule has 0 aromatic carbocycles. The summed E-state index contributed by atoms with van der Waals surface area (Å²) in [6.07, 6.45) is 9.09. The van der Waals surface area contributed by atoms with E-state index in [0.29, 0.717) is 11.9 Å². The van der Waals surface area contributed by atoms with Gasteiger partial charge in [-0.3, -0.25) is 20.1 Å². The van der Waals surface area contributed by atoms with E-state index in [-0.39, 0.29) is 0 Å².